The molecular formula is C11H15NO3. The van der Waals surface area contributed by atoms with E-state index in [1.807, 2.05) is 6.92 Å². The van der Waals surface area contributed by atoms with Gasteiger partial charge in [0.05, 0.1) is 6.61 Å². The summed E-state index contributed by atoms with van der Waals surface area (Å²) in [6, 6.07) is 6.61. The van der Waals surface area contributed by atoms with Gasteiger partial charge in [0.2, 0.25) is 0 Å². The Hall–Kier alpha value is -1.71. The van der Waals surface area contributed by atoms with E-state index in [2.05, 4.69) is 5.32 Å². The van der Waals surface area contributed by atoms with Crippen molar-refractivity contribution in [1.82, 2.24) is 0 Å². The minimum Gasteiger partial charge on any atom is -0.494 e. The smallest absolute Gasteiger partial charge is 0.325 e. The molecule has 15 heavy (non-hydrogen) atoms. The molecule has 0 spiro atoms. The number of hydrogen-bond donors (Lipinski definition) is 2. The summed E-state index contributed by atoms with van der Waals surface area (Å²) in [5.41, 5.74) is 0.772. The first-order valence-corrected chi connectivity index (χ1v) is 4.85. The van der Waals surface area contributed by atoms with Gasteiger partial charge < -0.3 is 15.2 Å². The zero-order chi connectivity index (χ0) is 11.3. The van der Waals surface area contributed by atoms with Gasteiger partial charge in [-0.3, -0.25) is 4.79 Å². The standard InChI is InChI=1S/C11H15NO3/c1-3-15-10-6-4-9(5-7-10)12-8(2)11(13)14/h4-8,12H,3H2,1-2H3,(H,13,14). The lowest BCUT2D eigenvalue weighted by molar-refractivity contribution is -0.137. The molecule has 4 heteroatoms. The first-order valence-electron chi connectivity index (χ1n) is 4.85. The van der Waals surface area contributed by atoms with Crippen LogP contribution < -0.4 is 10.1 Å². The number of carbonyl (C=O) groups is 1. The first-order chi connectivity index (χ1) is 7.13. The van der Waals surface area contributed by atoms with Crippen molar-refractivity contribution in [1.29, 1.82) is 0 Å². The Balaban J connectivity index is 2.60. The number of nitrogens with one attached hydrogen (secondary N) is 1. The van der Waals surface area contributed by atoms with Crippen molar-refractivity contribution in [2.24, 2.45) is 0 Å². The molecule has 4 nitrogen and oxygen atoms in total. The fraction of sp³-hybridized carbons (Fsp3) is 0.364. The number of ether oxygens (including phenoxy) is 1. The van der Waals surface area contributed by atoms with Crippen LogP contribution in [0.3, 0.4) is 0 Å². The lowest BCUT2D eigenvalue weighted by Crippen LogP contribution is -2.25. The maximum atomic E-state index is 10.6. The Morgan fingerprint density at radius 2 is 2.07 bits per heavy atom. The minimum absolute atomic E-state index is 0.594. The molecule has 1 aromatic rings. The normalized spacial score (nSPS) is 11.9. The Kier molecular flexibility index (Phi) is 3.97. The number of rotatable bonds is 5. The van der Waals surface area contributed by atoms with Crippen molar-refractivity contribution in [2.75, 3.05) is 11.9 Å². The number of benzene rings is 1. The van der Waals surface area contributed by atoms with Crippen LogP contribution in [0.25, 0.3) is 0 Å². The molecule has 0 amide bonds. The fourth-order valence-electron chi connectivity index (χ4n) is 1.13. The lowest BCUT2D eigenvalue weighted by Gasteiger charge is -2.11. The number of hydrogen-bond acceptors (Lipinski definition) is 3. The molecule has 0 radical (unpaired) electrons. The summed E-state index contributed by atoms with van der Waals surface area (Å²) in [5.74, 6) is -0.0880. The van der Waals surface area contributed by atoms with E-state index in [1.54, 1.807) is 31.2 Å². The first kappa shape index (κ1) is 11.4. The monoisotopic (exact) mass is 209 g/mol. The van der Waals surface area contributed by atoms with Gasteiger partial charge in [0, 0.05) is 5.69 Å². The highest BCUT2D eigenvalue weighted by molar-refractivity contribution is 5.76. The summed E-state index contributed by atoms with van der Waals surface area (Å²) in [5, 5.41) is 11.6. The molecule has 0 saturated heterocycles. The molecule has 0 aromatic heterocycles. The van der Waals surface area contributed by atoms with Gasteiger partial charge in [-0.25, -0.2) is 0 Å². The SMILES string of the molecule is CCOc1ccc(NC(C)C(=O)O)cc1. The third-order valence-corrected chi connectivity index (χ3v) is 1.92. The van der Waals surface area contributed by atoms with Crippen LogP contribution in [0, 0.1) is 0 Å². The quantitative estimate of drug-likeness (QED) is 0.778. The highest BCUT2D eigenvalue weighted by Crippen LogP contribution is 2.16. The average Bonchev–Trinajstić information content (AvgIpc) is 2.21. The highest BCUT2D eigenvalue weighted by Gasteiger charge is 2.09. The molecule has 1 atom stereocenters. The summed E-state index contributed by atoms with van der Waals surface area (Å²) in [4.78, 5) is 10.6. The Morgan fingerprint density at radius 3 is 2.53 bits per heavy atom. The van der Waals surface area contributed by atoms with Crippen molar-refractivity contribution in [3.05, 3.63) is 24.3 Å². The van der Waals surface area contributed by atoms with Gasteiger partial charge in [-0.2, -0.15) is 0 Å². The Morgan fingerprint density at radius 1 is 1.47 bits per heavy atom. The largest absolute Gasteiger partial charge is 0.494 e. The summed E-state index contributed by atoms with van der Waals surface area (Å²) in [6.07, 6.45) is 0. The number of carboxylic acids is 1. The Bertz CT molecular complexity index is 321. The predicted octanol–water partition coefficient (Wildman–Crippen LogP) is 1.97. The molecule has 0 saturated carbocycles. The van der Waals surface area contributed by atoms with Crippen LogP contribution >= 0.6 is 0 Å². The van der Waals surface area contributed by atoms with Crippen molar-refractivity contribution in [3.8, 4) is 5.75 Å². The van der Waals surface area contributed by atoms with E-state index >= 15 is 0 Å². The highest BCUT2D eigenvalue weighted by atomic mass is 16.5. The van der Waals surface area contributed by atoms with Crippen molar-refractivity contribution < 1.29 is 14.6 Å². The van der Waals surface area contributed by atoms with Crippen LogP contribution in [0.4, 0.5) is 5.69 Å². The van der Waals surface area contributed by atoms with Gasteiger partial charge in [-0.1, -0.05) is 0 Å². The summed E-state index contributed by atoms with van der Waals surface area (Å²) < 4.78 is 5.27. The van der Waals surface area contributed by atoms with Crippen LogP contribution in [0.2, 0.25) is 0 Å². The number of aliphatic carboxylic acids is 1. The third-order valence-electron chi connectivity index (χ3n) is 1.92. The second kappa shape index (κ2) is 5.24. The predicted molar refractivity (Wildman–Crippen MR) is 58.3 cm³/mol. The van der Waals surface area contributed by atoms with E-state index < -0.39 is 12.0 Å². The van der Waals surface area contributed by atoms with Gasteiger partial charge in [0.1, 0.15) is 11.8 Å². The van der Waals surface area contributed by atoms with Crippen molar-refractivity contribution in [3.63, 3.8) is 0 Å². The van der Waals surface area contributed by atoms with E-state index in [0.29, 0.717) is 6.61 Å². The summed E-state index contributed by atoms with van der Waals surface area (Å²) in [6.45, 7) is 4.13. The van der Waals surface area contributed by atoms with Gasteiger partial charge >= 0.3 is 5.97 Å². The average molecular weight is 209 g/mol. The fourth-order valence-corrected chi connectivity index (χ4v) is 1.13. The molecule has 0 aliphatic rings. The van der Waals surface area contributed by atoms with Crippen LogP contribution in [-0.4, -0.2) is 23.7 Å². The summed E-state index contributed by atoms with van der Waals surface area (Å²) in [7, 11) is 0. The molecule has 0 heterocycles. The van der Waals surface area contributed by atoms with Crippen LogP contribution in [0.5, 0.6) is 5.75 Å². The second-order valence-electron chi connectivity index (χ2n) is 3.16. The van der Waals surface area contributed by atoms with E-state index in [1.165, 1.54) is 0 Å². The second-order valence-corrected chi connectivity index (χ2v) is 3.16. The molecule has 1 rings (SSSR count). The summed E-state index contributed by atoms with van der Waals surface area (Å²) >= 11 is 0. The molecule has 0 fully saturated rings. The van der Waals surface area contributed by atoms with Crippen LogP contribution in [-0.2, 0) is 4.79 Å². The molecule has 0 aliphatic heterocycles. The topological polar surface area (TPSA) is 58.6 Å². The maximum Gasteiger partial charge on any atom is 0.325 e. The molecule has 0 bridgehead atoms. The molecule has 1 aromatic carbocycles. The van der Waals surface area contributed by atoms with E-state index in [-0.39, 0.29) is 0 Å². The number of carboxylic acid groups (broad SMARTS) is 1. The van der Waals surface area contributed by atoms with Gasteiger partial charge in [-0.05, 0) is 38.1 Å². The zero-order valence-electron chi connectivity index (χ0n) is 8.86. The Labute approximate surface area is 88.9 Å². The van der Waals surface area contributed by atoms with Gasteiger partial charge in [-0.15, -0.1) is 0 Å². The van der Waals surface area contributed by atoms with Gasteiger partial charge in [0.25, 0.3) is 0 Å². The van der Waals surface area contributed by atoms with E-state index in [9.17, 15) is 4.79 Å². The van der Waals surface area contributed by atoms with E-state index in [0.717, 1.165) is 11.4 Å². The molecule has 2 N–H and O–H groups in total. The minimum atomic E-state index is -0.871. The molecule has 0 aliphatic carbocycles. The van der Waals surface area contributed by atoms with Gasteiger partial charge in [0.15, 0.2) is 0 Å². The number of anilines is 1. The van der Waals surface area contributed by atoms with Crippen LogP contribution in [0.15, 0.2) is 24.3 Å². The zero-order valence-corrected chi connectivity index (χ0v) is 8.86. The van der Waals surface area contributed by atoms with E-state index in [4.69, 9.17) is 9.84 Å². The molecular weight excluding hydrogens is 194 g/mol. The molecule has 82 valence electrons. The van der Waals surface area contributed by atoms with Crippen molar-refractivity contribution in [2.45, 2.75) is 19.9 Å². The maximum absolute atomic E-state index is 10.6. The van der Waals surface area contributed by atoms with Crippen molar-refractivity contribution >= 4 is 11.7 Å². The third kappa shape index (κ3) is 3.50. The van der Waals surface area contributed by atoms with Crippen LogP contribution in [0.1, 0.15) is 13.8 Å². The lowest BCUT2D eigenvalue weighted by atomic mass is 10.2. The molecule has 1 unspecified atom stereocenters.